The average molecular weight is 354 g/mol. The van der Waals surface area contributed by atoms with Crippen LogP contribution in [0.5, 0.6) is 0 Å². The van der Waals surface area contributed by atoms with E-state index >= 15 is 0 Å². The first-order chi connectivity index (χ1) is 10.6. The summed E-state index contributed by atoms with van der Waals surface area (Å²) < 4.78 is 69.9. The fourth-order valence-electron chi connectivity index (χ4n) is 1.89. The molecule has 2 aromatic rings. The fourth-order valence-corrected chi connectivity index (χ4v) is 2.07. The molecule has 9 heteroatoms. The van der Waals surface area contributed by atoms with Crippen LogP contribution < -0.4 is 0 Å². The van der Waals surface area contributed by atoms with E-state index in [1.807, 2.05) is 0 Å². The number of benzene rings is 1. The molecule has 0 saturated heterocycles. The Morgan fingerprint density at radius 3 is 2.43 bits per heavy atom. The van der Waals surface area contributed by atoms with Crippen molar-refractivity contribution in [3.63, 3.8) is 0 Å². The number of aromatic nitrogens is 1. The quantitative estimate of drug-likeness (QED) is 0.592. The second-order valence-electron chi connectivity index (χ2n) is 4.51. The van der Waals surface area contributed by atoms with Crippen LogP contribution in [-0.2, 0) is 10.7 Å². The van der Waals surface area contributed by atoms with Gasteiger partial charge in [-0.1, -0.05) is 11.6 Å². The lowest BCUT2D eigenvalue weighted by molar-refractivity contribution is -0.291. The molecule has 0 aliphatic rings. The Kier molecular flexibility index (Phi) is 4.48. The van der Waals surface area contributed by atoms with Gasteiger partial charge in [0.1, 0.15) is 5.69 Å². The molecule has 2 rings (SSSR count). The summed E-state index contributed by atoms with van der Waals surface area (Å²) in [6.45, 7) is 1.20. The Morgan fingerprint density at radius 2 is 1.87 bits per heavy atom. The number of ether oxygens (including phenoxy) is 1. The lowest BCUT2D eigenvalue weighted by atomic mass is 10.0. The minimum atomic E-state index is -5.90. The number of nitrogens with zero attached hydrogens (tertiary/aromatic N) is 1. The number of carbonyl (C=O) groups is 1. The molecule has 0 aliphatic carbocycles. The van der Waals surface area contributed by atoms with E-state index in [9.17, 15) is 26.7 Å². The highest BCUT2D eigenvalue weighted by molar-refractivity contribution is 6.31. The standard InChI is InChI=1S/C14H9ClF5NO2/c1-2-23-12(22)9-6-7-5-8(15)3-4-10(7)21-11(9)13(16,17)14(18,19)20/h3-6H,2H2,1H3. The van der Waals surface area contributed by atoms with Crippen molar-refractivity contribution < 1.29 is 31.5 Å². The molecule has 0 fully saturated rings. The largest absolute Gasteiger partial charge is 0.462 e. The van der Waals surface area contributed by atoms with Gasteiger partial charge in [-0.3, -0.25) is 0 Å². The molecule has 0 amide bonds. The van der Waals surface area contributed by atoms with E-state index in [1.165, 1.54) is 25.1 Å². The van der Waals surface area contributed by atoms with Gasteiger partial charge in [-0.05, 0) is 31.2 Å². The van der Waals surface area contributed by atoms with Crippen molar-refractivity contribution in [2.45, 2.75) is 19.0 Å². The first-order valence-electron chi connectivity index (χ1n) is 6.30. The molecule has 0 atom stereocenters. The van der Waals surface area contributed by atoms with Gasteiger partial charge in [0, 0.05) is 10.4 Å². The van der Waals surface area contributed by atoms with Crippen LogP contribution in [0.1, 0.15) is 23.0 Å². The summed E-state index contributed by atoms with van der Waals surface area (Å²) in [4.78, 5) is 15.1. The number of esters is 1. The van der Waals surface area contributed by atoms with Crippen LogP contribution in [0.15, 0.2) is 24.3 Å². The summed E-state index contributed by atoms with van der Waals surface area (Å²) in [6.07, 6.45) is -5.90. The monoisotopic (exact) mass is 353 g/mol. The Labute approximate surface area is 132 Å². The van der Waals surface area contributed by atoms with Crippen LogP contribution in [0.25, 0.3) is 10.9 Å². The van der Waals surface area contributed by atoms with Gasteiger partial charge in [0.2, 0.25) is 0 Å². The van der Waals surface area contributed by atoms with Gasteiger partial charge in [-0.25, -0.2) is 9.78 Å². The van der Waals surface area contributed by atoms with E-state index in [1.54, 1.807) is 0 Å². The Bertz CT molecular complexity index is 761. The smallest absolute Gasteiger partial charge is 0.459 e. The molecular formula is C14H9ClF5NO2. The van der Waals surface area contributed by atoms with E-state index in [0.29, 0.717) is 0 Å². The van der Waals surface area contributed by atoms with E-state index in [2.05, 4.69) is 9.72 Å². The van der Waals surface area contributed by atoms with Gasteiger partial charge in [0.15, 0.2) is 0 Å². The second kappa shape index (κ2) is 5.92. The molecule has 1 aromatic heterocycles. The van der Waals surface area contributed by atoms with Crippen LogP contribution in [0.4, 0.5) is 22.0 Å². The fraction of sp³-hybridized carbons (Fsp3) is 0.286. The molecule has 0 radical (unpaired) electrons. The molecule has 23 heavy (non-hydrogen) atoms. The van der Waals surface area contributed by atoms with Crippen molar-refractivity contribution in [3.8, 4) is 0 Å². The van der Waals surface area contributed by atoms with Crippen LogP contribution >= 0.6 is 11.6 Å². The highest BCUT2D eigenvalue weighted by Crippen LogP contribution is 2.45. The maximum absolute atomic E-state index is 13.7. The Balaban J connectivity index is 2.77. The zero-order chi connectivity index (χ0) is 17.4. The average Bonchev–Trinajstić information content (AvgIpc) is 2.44. The first-order valence-corrected chi connectivity index (χ1v) is 6.68. The number of carbonyl (C=O) groups excluding carboxylic acids is 1. The van der Waals surface area contributed by atoms with E-state index in [4.69, 9.17) is 11.6 Å². The predicted octanol–water partition coefficient (Wildman–Crippen LogP) is 4.72. The van der Waals surface area contributed by atoms with Crippen molar-refractivity contribution in [2.24, 2.45) is 0 Å². The SMILES string of the molecule is CCOC(=O)c1cc2cc(Cl)ccc2nc1C(F)(F)C(F)(F)F. The van der Waals surface area contributed by atoms with Crippen molar-refractivity contribution in [2.75, 3.05) is 6.61 Å². The summed E-state index contributed by atoms with van der Waals surface area (Å²) in [5, 5.41) is 0.353. The van der Waals surface area contributed by atoms with Gasteiger partial charge in [0.05, 0.1) is 17.7 Å². The van der Waals surface area contributed by atoms with Crippen LogP contribution in [0.2, 0.25) is 5.02 Å². The number of hydrogen-bond donors (Lipinski definition) is 0. The Hall–Kier alpha value is -1.96. The molecule has 1 heterocycles. The predicted molar refractivity (Wildman–Crippen MR) is 72.7 cm³/mol. The van der Waals surface area contributed by atoms with Gasteiger partial charge < -0.3 is 4.74 Å². The number of pyridine rings is 1. The zero-order valence-electron chi connectivity index (χ0n) is 11.5. The highest BCUT2D eigenvalue weighted by Gasteiger charge is 2.61. The Morgan fingerprint density at radius 1 is 1.22 bits per heavy atom. The minimum absolute atomic E-state index is 0.141. The molecule has 0 saturated carbocycles. The molecule has 0 spiro atoms. The summed E-state index contributed by atoms with van der Waals surface area (Å²) in [5.41, 5.74) is -2.80. The van der Waals surface area contributed by atoms with Crippen LogP contribution in [0, 0.1) is 0 Å². The molecular weight excluding hydrogens is 345 g/mol. The molecule has 1 aromatic carbocycles. The molecule has 0 unspecified atom stereocenters. The number of hydrogen-bond acceptors (Lipinski definition) is 3. The summed E-state index contributed by atoms with van der Waals surface area (Å²) in [5.74, 6) is -6.62. The number of fused-ring (bicyclic) bond motifs is 1. The van der Waals surface area contributed by atoms with E-state index in [0.717, 1.165) is 6.07 Å². The van der Waals surface area contributed by atoms with Crippen molar-refractivity contribution >= 4 is 28.5 Å². The van der Waals surface area contributed by atoms with Crippen LogP contribution in [0.3, 0.4) is 0 Å². The maximum Gasteiger partial charge on any atom is 0.459 e. The van der Waals surface area contributed by atoms with Gasteiger partial charge in [-0.15, -0.1) is 0 Å². The van der Waals surface area contributed by atoms with Crippen molar-refractivity contribution in [1.29, 1.82) is 0 Å². The third-order valence-corrected chi connectivity index (χ3v) is 3.16. The lowest BCUT2D eigenvalue weighted by Gasteiger charge is -2.21. The third kappa shape index (κ3) is 3.21. The van der Waals surface area contributed by atoms with E-state index in [-0.39, 0.29) is 22.5 Å². The number of halogens is 6. The van der Waals surface area contributed by atoms with Crippen LogP contribution in [-0.4, -0.2) is 23.7 Å². The summed E-state index contributed by atoms with van der Waals surface area (Å²) in [7, 11) is 0. The molecule has 0 bridgehead atoms. The second-order valence-corrected chi connectivity index (χ2v) is 4.95. The van der Waals surface area contributed by atoms with Gasteiger partial charge in [-0.2, -0.15) is 22.0 Å². The zero-order valence-corrected chi connectivity index (χ0v) is 12.3. The lowest BCUT2D eigenvalue weighted by Crippen LogP contribution is -2.36. The minimum Gasteiger partial charge on any atom is -0.462 e. The topological polar surface area (TPSA) is 39.2 Å². The third-order valence-electron chi connectivity index (χ3n) is 2.93. The molecule has 3 nitrogen and oxygen atoms in total. The van der Waals surface area contributed by atoms with Gasteiger partial charge in [0.25, 0.3) is 0 Å². The maximum atomic E-state index is 13.7. The van der Waals surface area contributed by atoms with Gasteiger partial charge >= 0.3 is 18.1 Å². The molecule has 0 aliphatic heterocycles. The normalized spacial score (nSPS) is 12.5. The molecule has 0 N–H and O–H groups in total. The number of alkyl halides is 5. The van der Waals surface area contributed by atoms with E-state index < -0.39 is 29.3 Å². The first kappa shape index (κ1) is 17.4. The van der Waals surface area contributed by atoms with Crippen molar-refractivity contribution in [1.82, 2.24) is 4.98 Å². The highest BCUT2D eigenvalue weighted by atomic mass is 35.5. The summed E-state index contributed by atoms with van der Waals surface area (Å²) >= 11 is 5.74. The molecule has 124 valence electrons. The van der Waals surface area contributed by atoms with Crippen molar-refractivity contribution in [3.05, 3.63) is 40.5 Å². The number of rotatable bonds is 3. The summed E-state index contributed by atoms with van der Waals surface area (Å²) in [6, 6.07) is 4.63.